The third-order valence-electron chi connectivity index (χ3n) is 3.31. The van der Waals surface area contributed by atoms with E-state index in [1.165, 1.54) is 0 Å². The van der Waals surface area contributed by atoms with Crippen LogP contribution in [0.2, 0.25) is 0 Å². The van der Waals surface area contributed by atoms with Crippen LogP contribution in [0.25, 0.3) is 0 Å². The van der Waals surface area contributed by atoms with Crippen molar-refractivity contribution in [3.05, 3.63) is 46.5 Å². The largest absolute Gasteiger partial charge is 0.496 e. The Morgan fingerprint density at radius 1 is 1.50 bits per heavy atom. The molecule has 108 valence electrons. The van der Waals surface area contributed by atoms with Gasteiger partial charge in [0.25, 0.3) is 0 Å². The number of aromatic nitrogens is 2. The lowest BCUT2D eigenvalue weighted by Crippen LogP contribution is -2.30. The quantitative estimate of drug-likeness (QED) is 0.627. The number of aryl methyl sites for hydroxylation is 1. The lowest BCUT2D eigenvalue weighted by atomic mass is 10.0. The van der Waals surface area contributed by atoms with Gasteiger partial charge >= 0.3 is 0 Å². The maximum absolute atomic E-state index is 5.70. The van der Waals surface area contributed by atoms with Crippen molar-refractivity contribution < 1.29 is 4.74 Å². The molecule has 0 aliphatic rings. The molecule has 0 fully saturated rings. The van der Waals surface area contributed by atoms with Crippen LogP contribution in [-0.2, 0) is 13.0 Å². The second-order valence-electron chi connectivity index (χ2n) is 4.45. The number of nitrogens with one attached hydrogen (secondary N) is 1. The first-order valence-corrected chi connectivity index (χ1v) is 7.28. The topological polar surface area (TPSA) is 65.1 Å². The van der Waals surface area contributed by atoms with Crippen molar-refractivity contribution in [3.8, 4) is 5.75 Å². The van der Waals surface area contributed by atoms with Crippen LogP contribution in [-0.4, -0.2) is 16.7 Å². The Morgan fingerprint density at radius 2 is 2.30 bits per heavy atom. The highest BCUT2D eigenvalue weighted by Gasteiger charge is 2.15. The van der Waals surface area contributed by atoms with E-state index in [1.54, 1.807) is 7.11 Å². The summed E-state index contributed by atoms with van der Waals surface area (Å²) in [4.78, 5) is 4.39. The van der Waals surface area contributed by atoms with Gasteiger partial charge in [-0.1, -0.05) is 6.07 Å². The summed E-state index contributed by atoms with van der Waals surface area (Å²) in [5.74, 6) is 7.52. The highest BCUT2D eigenvalue weighted by atomic mass is 79.9. The fourth-order valence-electron chi connectivity index (χ4n) is 2.17. The van der Waals surface area contributed by atoms with Crippen LogP contribution < -0.4 is 16.0 Å². The van der Waals surface area contributed by atoms with Crippen LogP contribution >= 0.6 is 15.9 Å². The van der Waals surface area contributed by atoms with Gasteiger partial charge in [0.15, 0.2) is 0 Å². The monoisotopic (exact) mass is 338 g/mol. The minimum Gasteiger partial charge on any atom is -0.496 e. The number of hydrogen-bond acceptors (Lipinski definition) is 4. The molecule has 0 amide bonds. The Labute approximate surface area is 127 Å². The van der Waals surface area contributed by atoms with E-state index < -0.39 is 0 Å². The summed E-state index contributed by atoms with van der Waals surface area (Å²) in [6.07, 6.45) is 4.53. The minimum absolute atomic E-state index is 0.00454. The Morgan fingerprint density at radius 3 is 2.90 bits per heavy atom. The average molecular weight is 339 g/mol. The summed E-state index contributed by atoms with van der Waals surface area (Å²) in [5.41, 5.74) is 3.95. The van der Waals surface area contributed by atoms with E-state index in [9.17, 15) is 0 Å². The molecule has 0 aliphatic heterocycles. The molecule has 1 atom stereocenters. The third kappa shape index (κ3) is 3.20. The normalized spacial score (nSPS) is 12.4. The van der Waals surface area contributed by atoms with Crippen molar-refractivity contribution in [2.24, 2.45) is 5.84 Å². The van der Waals surface area contributed by atoms with Gasteiger partial charge in [-0.3, -0.25) is 11.3 Å². The van der Waals surface area contributed by atoms with Crippen LogP contribution in [0.4, 0.5) is 0 Å². The first-order valence-electron chi connectivity index (χ1n) is 6.49. The predicted octanol–water partition coefficient (Wildman–Crippen LogP) is 2.42. The van der Waals surface area contributed by atoms with Crippen molar-refractivity contribution in [1.82, 2.24) is 15.0 Å². The highest BCUT2D eigenvalue weighted by Crippen LogP contribution is 2.28. The van der Waals surface area contributed by atoms with E-state index >= 15 is 0 Å². The molecule has 2 rings (SSSR count). The summed E-state index contributed by atoms with van der Waals surface area (Å²) < 4.78 is 8.27. The molecule has 5 nitrogen and oxygen atoms in total. The van der Waals surface area contributed by atoms with Crippen LogP contribution in [0, 0.1) is 0 Å². The van der Waals surface area contributed by atoms with E-state index in [2.05, 4.69) is 37.8 Å². The molecule has 1 heterocycles. The fraction of sp³-hybridized carbons (Fsp3) is 0.357. The zero-order chi connectivity index (χ0) is 14.5. The highest BCUT2D eigenvalue weighted by molar-refractivity contribution is 9.10. The lowest BCUT2D eigenvalue weighted by molar-refractivity contribution is 0.411. The number of benzene rings is 1. The summed E-state index contributed by atoms with van der Waals surface area (Å²) in [6.45, 7) is 3.00. The molecular formula is C14H19BrN4O. The number of hydrogen-bond donors (Lipinski definition) is 2. The molecule has 0 saturated heterocycles. The van der Waals surface area contributed by atoms with E-state index in [0.717, 1.165) is 34.6 Å². The van der Waals surface area contributed by atoms with Crippen LogP contribution in [0.5, 0.6) is 5.75 Å². The van der Waals surface area contributed by atoms with Gasteiger partial charge in [-0.15, -0.1) is 0 Å². The summed E-state index contributed by atoms with van der Waals surface area (Å²) >= 11 is 3.50. The van der Waals surface area contributed by atoms with Gasteiger partial charge in [0, 0.05) is 25.4 Å². The van der Waals surface area contributed by atoms with Crippen LogP contribution in [0.3, 0.4) is 0 Å². The molecule has 0 bridgehead atoms. The van der Waals surface area contributed by atoms with Crippen molar-refractivity contribution in [3.63, 3.8) is 0 Å². The van der Waals surface area contributed by atoms with Gasteiger partial charge in [-0.25, -0.2) is 4.98 Å². The predicted molar refractivity (Wildman–Crippen MR) is 82.4 cm³/mol. The Bertz CT molecular complexity index is 570. The second-order valence-corrected chi connectivity index (χ2v) is 5.30. The van der Waals surface area contributed by atoms with Crippen molar-refractivity contribution >= 4 is 15.9 Å². The zero-order valence-electron chi connectivity index (χ0n) is 11.6. The maximum Gasteiger partial charge on any atom is 0.133 e. The van der Waals surface area contributed by atoms with E-state index in [-0.39, 0.29) is 6.04 Å². The van der Waals surface area contributed by atoms with Crippen LogP contribution in [0.1, 0.15) is 24.4 Å². The molecule has 3 N–H and O–H groups in total. The van der Waals surface area contributed by atoms with Gasteiger partial charge in [0.1, 0.15) is 11.6 Å². The average Bonchev–Trinajstić information content (AvgIpc) is 2.91. The molecule has 1 unspecified atom stereocenters. The molecule has 20 heavy (non-hydrogen) atoms. The van der Waals surface area contributed by atoms with Crippen LogP contribution in [0.15, 0.2) is 35.1 Å². The Hall–Kier alpha value is -1.37. The Balaban J connectivity index is 2.22. The van der Waals surface area contributed by atoms with E-state index in [0.29, 0.717) is 0 Å². The molecule has 6 heteroatoms. The minimum atomic E-state index is 0.00454. The molecule has 1 aromatic heterocycles. The zero-order valence-corrected chi connectivity index (χ0v) is 13.2. The number of nitrogens with zero attached hydrogens (tertiary/aromatic N) is 2. The first kappa shape index (κ1) is 15.0. The molecule has 0 radical (unpaired) electrons. The van der Waals surface area contributed by atoms with E-state index in [1.807, 2.05) is 30.6 Å². The van der Waals surface area contributed by atoms with Gasteiger partial charge in [-0.2, -0.15) is 0 Å². The van der Waals surface area contributed by atoms with Gasteiger partial charge in [-0.05, 0) is 40.5 Å². The molecule has 0 saturated carbocycles. The SMILES string of the molecule is CCn1ccnc1CC(NN)c1ccc(OC)c(Br)c1. The molecular weight excluding hydrogens is 320 g/mol. The number of imidazole rings is 1. The summed E-state index contributed by atoms with van der Waals surface area (Å²) in [6, 6.07) is 5.95. The first-order chi connectivity index (χ1) is 9.69. The molecule has 0 aliphatic carbocycles. The lowest BCUT2D eigenvalue weighted by Gasteiger charge is -2.17. The second kappa shape index (κ2) is 6.88. The number of nitrogens with two attached hydrogens (primary N) is 1. The number of rotatable bonds is 6. The van der Waals surface area contributed by atoms with Crippen molar-refractivity contribution in [2.45, 2.75) is 25.9 Å². The number of methoxy groups -OCH3 is 1. The number of hydrazine groups is 1. The number of halogens is 1. The van der Waals surface area contributed by atoms with Gasteiger partial charge in [0.2, 0.25) is 0 Å². The maximum atomic E-state index is 5.70. The summed E-state index contributed by atoms with van der Waals surface area (Å²) in [7, 11) is 1.65. The fourth-order valence-corrected chi connectivity index (χ4v) is 2.73. The molecule has 2 aromatic rings. The molecule has 0 spiro atoms. The molecule has 1 aromatic carbocycles. The summed E-state index contributed by atoms with van der Waals surface area (Å²) in [5, 5.41) is 0. The third-order valence-corrected chi connectivity index (χ3v) is 3.93. The standard InChI is InChI=1S/C14H19BrN4O/c1-3-19-7-6-17-14(19)9-12(18-16)10-4-5-13(20-2)11(15)8-10/h4-8,12,18H,3,9,16H2,1-2H3. The Kier molecular flexibility index (Phi) is 5.17. The smallest absolute Gasteiger partial charge is 0.133 e. The van der Waals surface area contributed by atoms with E-state index in [4.69, 9.17) is 10.6 Å². The van der Waals surface area contributed by atoms with Gasteiger partial charge < -0.3 is 9.30 Å². The van der Waals surface area contributed by atoms with Crippen molar-refractivity contribution in [1.29, 1.82) is 0 Å². The number of ether oxygens (including phenoxy) is 1. The van der Waals surface area contributed by atoms with Crippen molar-refractivity contribution in [2.75, 3.05) is 7.11 Å². The van der Waals surface area contributed by atoms with Gasteiger partial charge in [0.05, 0.1) is 17.6 Å².